The van der Waals surface area contributed by atoms with Crippen molar-refractivity contribution in [1.29, 1.82) is 0 Å². The number of nitro groups is 1. The Morgan fingerprint density at radius 1 is 1.21 bits per heavy atom. The standard InChI is InChI=1S/C14H14N2O3/c1-19-14-7-5-12(6-8-14)15-10-11-3-2-4-13(9-11)16(17)18/h2-9,15H,10H2,1H3. The second-order valence-corrected chi connectivity index (χ2v) is 4.01. The molecule has 0 spiro atoms. The van der Waals surface area contributed by atoms with Gasteiger partial charge in [0.15, 0.2) is 0 Å². The maximum Gasteiger partial charge on any atom is 0.269 e. The molecule has 1 N–H and O–H groups in total. The largest absolute Gasteiger partial charge is 0.497 e. The molecule has 0 fully saturated rings. The summed E-state index contributed by atoms with van der Waals surface area (Å²) >= 11 is 0. The number of anilines is 1. The fraction of sp³-hybridized carbons (Fsp3) is 0.143. The Balaban J connectivity index is 2.01. The van der Waals surface area contributed by atoms with E-state index in [1.165, 1.54) is 6.07 Å². The van der Waals surface area contributed by atoms with Gasteiger partial charge in [-0.25, -0.2) is 0 Å². The molecule has 0 radical (unpaired) electrons. The van der Waals surface area contributed by atoms with Crippen LogP contribution in [-0.4, -0.2) is 12.0 Å². The van der Waals surface area contributed by atoms with Gasteiger partial charge in [-0.1, -0.05) is 12.1 Å². The smallest absolute Gasteiger partial charge is 0.269 e. The predicted molar refractivity (Wildman–Crippen MR) is 73.4 cm³/mol. The zero-order valence-electron chi connectivity index (χ0n) is 10.5. The summed E-state index contributed by atoms with van der Waals surface area (Å²) in [6.45, 7) is 0.536. The molecule has 0 bridgehead atoms. The minimum Gasteiger partial charge on any atom is -0.497 e. The molecule has 2 aromatic carbocycles. The minimum atomic E-state index is -0.392. The Kier molecular flexibility index (Phi) is 3.97. The van der Waals surface area contributed by atoms with E-state index in [2.05, 4.69) is 5.32 Å². The average molecular weight is 258 g/mol. The molecule has 0 aliphatic rings. The van der Waals surface area contributed by atoms with Gasteiger partial charge in [-0.2, -0.15) is 0 Å². The summed E-state index contributed by atoms with van der Waals surface area (Å²) in [5.41, 5.74) is 1.91. The van der Waals surface area contributed by atoms with Crippen molar-refractivity contribution in [2.24, 2.45) is 0 Å². The molecule has 0 aliphatic carbocycles. The highest BCUT2D eigenvalue weighted by atomic mass is 16.6. The monoisotopic (exact) mass is 258 g/mol. The van der Waals surface area contributed by atoms with Gasteiger partial charge in [0, 0.05) is 24.4 Å². The molecule has 0 saturated carbocycles. The number of hydrogen-bond donors (Lipinski definition) is 1. The lowest BCUT2D eigenvalue weighted by Gasteiger charge is -2.07. The van der Waals surface area contributed by atoms with Crippen LogP contribution in [0.1, 0.15) is 5.56 Å². The first-order valence-corrected chi connectivity index (χ1v) is 5.80. The van der Waals surface area contributed by atoms with Crippen molar-refractivity contribution in [1.82, 2.24) is 0 Å². The van der Waals surface area contributed by atoms with Crippen LogP contribution in [0.25, 0.3) is 0 Å². The number of benzene rings is 2. The van der Waals surface area contributed by atoms with Gasteiger partial charge in [-0.05, 0) is 29.8 Å². The highest BCUT2D eigenvalue weighted by Gasteiger charge is 2.05. The van der Waals surface area contributed by atoms with Gasteiger partial charge in [0.2, 0.25) is 0 Å². The molecule has 5 heteroatoms. The van der Waals surface area contributed by atoms with Crippen LogP contribution in [0.2, 0.25) is 0 Å². The molecule has 2 aromatic rings. The van der Waals surface area contributed by atoms with Crippen LogP contribution in [0.15, 0.2) is 48.5 Å². The third-order valence-corrected chi connectivity index (χ3v) is 2.71. The Labute approximate surface area is 111 Å². The number of rotatable bonds is 5. The quantitative estimate of drug-likeness (QED) is 0.660. The van der Waals surface area contributed by atoms with Crippen molar-refractivity contribution < 1.29 is 9.66 Å². The molecule has 0 aliphatic heterocycles. The van der Waals surface area contributed by atoms with Gasteiger partial charge in [0.1, 0.15) is 5.75 Å². The van der Waals surface area contributed by atoms with Crippen LogP contribution in [0.5, 0.6) is 5.75 Å². The van der Waals surface area contributed by atoms with Crippen molar-refractivity contribution in [2.75, 3.05) is 12.4 Å². The second-order valence-electron chi connectivity index (χ2n) is 4.01. The molecule has 19 heavy (non-hydrogen) atoms. The minimum absolute atomic E-state index is 0.106. The van der Waals surface area contributed by atoms with E-state index in [1.807, 2.05) is 30.3 Å². The van der Waals surface area contributed by atoms with Crippen molar-refractivity contribution in [3.63, 3.8) is 0 Å². The van der Waals surface area contributed by atoms with Gasteiger partial charge < -0.3 is 10.1 Å². The number of nitrogens with zero attached hydrogens (tertiary/aromatic N) is 1. The van der Waals surface area contributed by atoms with E-state index < -0.39 is 4.92 Å². The molecule has 98 valence electrons. The number of ether oxygens (including phenoxy) is 1. The topological polar surface area (TPSA) is 64.4 Å². The lowest BCUT2D eigenvalue weighted by atomic mass is 10.2. The SMILES string of the molecule is COc1ccc(NCc2cccc([N+](=O)[O-])c2)cc1. The lowest BCUT2D eigenvalue weighted by molar-refractivity contribution is -0.384. The van der Waals surface area contributed by atoms with E-state index in [9.17, 15) is 10.1 Å². The number of nitrogens with one attached hydrogen (secondary N) is 1. The van der Waals surface area contributed by atoms with Crippen LogP contribution in [0, 0.1) is 10.1 Å². The second kappa shape index (κ2) is 5.86. The first kappa shape index (κ1) is 12.9. The molecule has 0 amide bonds. The van der Waals surface area contributed by atoms with Crippen molar-refractivity contribution in [3.8, 4) is 5.75 Å². The first-order valence-electron chi connectivity index (χ1n) is 5.80. The predicted octanol–water partition coefficient (Wildman–Crippen LogP) is 3.22. The van der Waals surface area contributed by atoms with E-state index >= 15 is 0 Å². The van der Waals surface area contributed by atoms with Crippen LogP contribution in [-0.2, 0) is 6.54 Å². The summed E-state index contributed by atoms with van der Waals surface area (Å²) in [6.07, 6.45) is 0. The molecular weight excluding hydrogens is 244 g/mol. The van der Waals surface area contributed by atoms with Crippen molar-refractivity contribution in [3.05, 3.63) is 64.2 Å². The molecule has 0 heterocycles. The van der Waals surface area contributed by atoms with Gasteiger partial charge >= 0.3 is 0 Å². The van der Waals surface area contributed by atoms with Gasteiger partial charge in [-0.15, -0.1) is 0 Å². The average Bonchev–Trinajstić information content (AvgIpc) is 2.46. The van der Waals surface area contributed by atoms with E-state index in [4.69, 9.17) is 4.74 Å². The summed E-state index contributed by atoms with van der Waals surface area (Å²) < 4.78 is 5.07. The molecular formula is C14H14N2O3. The highest BCUT2D eigenvalue weighted by Crippen LogP contribution is 2.17. The van der Waals surface area contributed by atoms with Crippen LogP contribution < -0.4 is 10.1 Å². The summed E-state index contributed by atoms with van der Waals surface area (Å²) in [6, 6.07) is 14.1. The lowest BCUT2D eigenvalue weighted by Crippen LogP contribution is -2.00. The van der Waals surface area contributed by atoms with Gasteiger partial charge in [0.25, 0.3) is 5.69 Å². The van der Waals surface area contributed by atoms with Gasteiger partial charge in [-0.3, -0.25) is 10.1 Å². The molecule has 0 unspecified atom stereocenters. The molecule has 0 aromatic heterocycles. The Hall–Kier alpha value is -2.56. The third-order valence-electron chi connectivity index (χ3n) is 2.71. The maximum absolute atomic E-state index is 10.7. The number of nitro benzene ring substituents is 1. The Morgan fingerprint density at radius 3 is 2.58 bits per heavy atom. The summed E-state index contributed by atoms with van der Waals surface area (Å²) in [4.78, 5) is 10.3. The summed E-state index contributed by atoms with van der Waals surface area (Å²) in [5, 5.41) is 13.9. The third kappa shape index (κ3) is 3.45. The van der Waals surface area contributed by atoms with Crippen LogP contribution >= 0.6 is 0 Å². The summed E-state index contributed by atoms with van der Waals surface area (Å²) in [7, 11) is 1.62. The fourth-order valence-corrected chi connectivity index (χ4v) is 1.69. The van der Waals surface area contributed by atoms with E-state index in [0.29, 0.717) is 6.54 Å². The van der Waals surface area contributed by atoms with E-state index in [0.717, 1.165) is 17.0 Å². The Bertz CT molecular complexity index is 567. The van der Waals surface area contributed by atoms with Crippen molar-refractivity contribution >= 4 is 11.4 Å². The maximum atomic E-state index is 10.7. The zero-order valence-corrected chi connectivity index (χ0v) is 10.5. The first-order chi connectivity index (χ1) is 9.19. The number of hydrogen-bond acceptors (Lipinski definition) is 4. The Morgan fingerprint density at radius 2 is 1.95 bits per heavy atom. The molecule has 0 atom stereocenters. The molecule has 2 rings (SSSR count). The normalized spacial score (nSPS) is 9.95. The molecule has 0 saturated heterocycles. The van der Waals surface area contributed by atoms with Crippen LogP contribution in [0.4, 0.5) is 11.4 Å². The number of methoxy groups -OCH3 is 1. The summed E-state index contributed by atoms with van der Waals surface area (Å²) in [5.74, 6) is 0.792. The van der Waals surface area contributed by atoms with Crippen LogP contribution in [0.3, 0.4) is 0 Å². The highest BCUT2D eigenvalue weighted by molar-refractivity contribution is 5.47. The molecule has 5 nitrogen and oxygen atoms in total. The van der Waals surface area contributed by atoms with E-state index in [1.54, 1.807) is 19.2 Å². The van der Waals surface area contributed by atoms with E-state index in [-0.39, 0.29) is 5.69 Å². The van der Waals surface area contributed by atoms with Crippen molar-refractivity contribution in [2.45, 2.75) is 6.54 Å². The van der Waals surface area contributed by atoms with Gasteiger partial charge in [0.05, 0.1) is 12.0 Å². The number of non-ortho nitro benzene ring substituents is 1. The fourth-order valence-electron chi connectivity index (χ4n) is 1.69. The zero-order chi connectivity index (χ0) is 13.7.